The van der Waals surface area contributed by atoms with E-state index in [0.29, 0.717) is 11.4 Å². The molecular formula is C12H15N3O3S. The lowest BCUT2D eigenvalue weighted by molar-refractivity contribution is 0.415. The van der Waals surface area contributed by atoms with Crippen LogP contribution in [0, 0.1) is 0 Å². The Bertz CT molecular complexity index is 677. The predicted octanol–water partition coefficient (Wildman–Crippen LogP) is 1.21. The number of ether oxygens (including phenoxy) is 1. The molecule has 2 rings (SSSR count). The summed E-state index contributed by atoms with van der Waals surface area (Å²) < 4.78 is 31.5. The number of hydrogen-bond acceptors (Lipinski definition) is 4. The van der Waals surface area contributed by atoms with E-state index in [-0.39, 0.29) is 0 Å². The van der Waals surface area contributed by atoms with Crippen LogP contribution in [0.3, 0.4) is 0 Å². The summed E-state index contributed by atoms with van der Waals surface area (Å²) in [6.07, 6.45) is 1.45. The minimum absolute atomic E-state index is 0.493. The molecule has 6 nitrogen and oxygen atoms in total. The Morgan fingerprint density at radius 3 is 2.63 bits per heavy atom. The summed E-state index contributed by atoms with van der Waals surface area (Å²) in [6.45, 7) is 0. The molecule has 0 aliphatic rings. The van der Waals surface area contributed by atoms with Gasteiger partial charge in [-0.1, -0.05) is 12.1 Å². The molecule has 0 fully saturated rings. The lowest BCUT2D eigenvalue weighted by Gasteiger charge is -2.14. The molecule has 0 N–H and O–H groups in total. The van der Waals surface area contributed by atoms with Crippen LogP contribution in [0.15, 0.2) is 36.5 Å². The van der Waals surface area contributed by atoms with E-state index in [4.69, 9.17) is 4.74 Å². The highest BCUT2D eigenvalue weighted by molar-refractivity contribution is 7.87. The van der Waals surface area contributed by atoms with Crippen LogP contribution in [0.1, 0.15) is 0 Å². The highest BCUT2D eigenvalue weighted by Gasteiger charge is 2.21. The van der Waals surface area contributed by atoms with Crippen molar-refractivity contribution >= 4 is 10.2 Å². The number of nitrogens with zero attached hydrogens (tertiary/aromatic N) is 3. The van der Waals surface area contributed by atoms with Gasteiger partial charge in [0.1, 0.15) is 5.75 Å². The molecule has 0 spiro atoms. The molecule has 0 bridgehead atoms. The maximum absolute atomic E-state index is 12.1. The summed E-state index contributed by atoms with van der Waals surface area (Å²) >= 11 is 0. The van der Waals surface area contributed by atoms with Crippen LogP contribution in [0.4, 0.5) is 0 Å². The fraction of sp³-hybridized carbons (Fsp3) is 0.250. The molecule has 0 aliphatic carbocycles. The van der Waals surface area contributed by atoms with E-state index in [1.54, 1.807) is 37.4 Å². The third-order valence-electron chi connectivity index (χ3n) is 2.66. The summed E-state index contributed by atoms with van der Waals surface area (Å²) in [5.74, 6) is 0.660. The fourth-order valence-electron chi connectivity index (χ4n) is 1.62. The Labute approximate surface area is 112 Å². The number of aromatic nitrogens is 2. The van der Waals surface area contributed by atoms with Crippen molar-refractivity contribution in [2.75, 3.05) is 21.2 Å². The van der Waals surface area contributed by atoms with Crippen LogP contribution in [-0.4, -0.2) is 43.1 Å². The van der Waals surface area contributed by atoms with Gasteiger partial charge in [-0.25, -0.2) is 0 Å². The van der Waals surface area contributed by atoms with E-state index < -0.39 is 10.2 Å². The maximum atomic E-state index is 12.1. The molecule has 0 amide bonds. The molecule has 1 aromatic heterocycles. The van der Waals surface area contributed by atoms with Crippen molar-refractivity contribution in [3.05, 3.63) is 36.5 Å². The van der Waals surface area contributed by atoms with E-state index in [1.807, 2.05) is 0 Å². The first-order valence-corrected chi connectivity index (χ1v) is 6.98. The molecular weight excluding hydrogens is 266 g/mol. The molecule has 2 aromatic rings. The van der Waals surface area contributed by atoms with E-state index in [0.717, 1.165) is 14.0 Å². The van der Waals surface area contributed by atoms with Crippen molar-refractivity contribution in [1.82, 2.24) is 13.5 Å². The second kappa shape index (κ2) is 5.02. The summed E-state index contributed by atoms with van der Waals surface area (Å²) in [4.78, 5) is 0. The van der Waals surface area contributed by atoms with Crippen LogP contribution >= 0.6 is 0 Å². The third kappa shape index (κ3) is 2.47. The zero-order valence-electron chi connectivity index (χ0n) is 10.9. The Balaban J connectivity index is 2.56. The number of hydrogen-bond donors (Lipinski definition) is 0. The second-order valence-electron chi connectivity index (χ2n) is 4.08. The topological polar surface area (TPSA) is 64.4 Å². The summed E-state index contributed by atoms with van der Waals surface area (Å²) in [6, 6.07) is 8.81. The van der Waals surface area contributed by atoms with Gasteiger partial charge in [-0.15, -0.1) is 4.09 Å². The van der Waals surface area contributed by atoms with Crippen molar-refractivity contribution in [2.24, 2.45) is 0 Å². The maximum Gasteiger partial charge on any atom is 0.322 e. The van der Waals surface area contributed by atoms with E-state index in [9.17, 15) is 8.42 Å². The van der Waals surface area contributed by atoms with Crippen LogP contribution in [0.2, 0.25) is 0 Å². The van der Waals surface area contributed by atoms with Crippen molar-refractivity contribution in [2.45, 2.75) is 0 Å². The van der Waals surface area contributed by atoms with Gasteiger partial charge in [0.15, 0.2) is 0 Å². The van der Waals surface area contributed by atoms with Crippen LogP contribution in [0.5, 0.6) is 5.75 Å². The fourth-order valence-corrected chi connectivity index (χ4v) is 2.52. The monoisotopic (exact) mass is 281 g/mol. The van der Waals surface area contributed by atoms with Gasteiger partial charge in [0.05, 0.1) is 19.0 Å². The van der Waals surface area contributed by atoms with Crippen LogP contribution in [-0.2, 0) is 10.2 Å². The first-order valence-electron chi connectivity index (χ1n) is 5.58. The first-order chi connectivity index (χ1) is 8.96. The number of methoxy groups -OCH3 is 1. The Morgan fingerprint density at radius 1 is 1.26 bits per heavy atom. The molecule has 0 radical (unpaired) electrons. The molecule has 0 aliphatic heterocycles. The number of rotatable bonds is 4. The Hall–Kier alpha value is -1.86. The summed E-state index contributed by atoms with van der Waals surface area (Å²) in [5, 5.41) is 3.89. The van der Waals surface area contributed by atoms with Gasteiger partial charge in [-0.05, 0) is 18.2 Å². The Morgan fingerprint density at radius 2 is 2.00 bits per heavy atom. The zero-order chi connectivity index (χ0) is 14.0. The average molecular weight is 281 g/mol. The molecule has 0 atom stereocenters. The molecule has 102 valence electrons. The van der Waals surface area contributed by atoms with Gasteiger partial charge in [0.25, 0.3) is 0 Å². The van der Waals surface area contributed by atoms with Crippen LogP contribution < -0.4 is 4.74 Å². The molecule has 1 aromatic carbocycles. The lowest BCUT2D eigenvalue weighted by atomic mass is 10.1. The summed E-state index contributed by atoms with van der Waals surface area (Å²) in [7, 11) is 0.858. The van der Waals surface area contributed by atoms with Crippen molar-refractivity contribution in [3.8, 4) is 17.0 Å². The van der Waals surface area contributed by atoms with Crippen LogP contribution in [0.25, 0.3) is 11.3 Å². The Kier molecular flexibility index (Phi) is 3.59. The third-order valence-corrected chi connectivity index (χ3v) is 4.31. The van der Waals surface area contributed by atoms with Gasteiger partial charge < -0.3 is 4.74 Å². The van der Waals surface area contributed by atoms with Crippen molar-refractivity contribution in [3.63, 3.8) is 0 Å². The van der Waals surface area contributed by atoms with Gasteiger partial charge >= 0.3 is 10.2 Å². The minimum atomic E-state index is -3.63. The van der Waals surface area contributed by atoms with Gasteiger partial charge in [0, 0.05) is 19.7 Å². The molecule has 7 heteroatoms. The first kappa shape index (κ1) is 13.6. The smallest absolute Gasteiger partial charge is 0.322 e. The van der Waals surface area contributed by atoms with E-state index in [2.05, 4.69) is 5.10 Å². The second-order valence-corrected chi connectivity index (χ2v) is 6.05. The van der Waals surface area contributed by atoms with Gasteiger partial charge in [-0.3, -0.25) is 0 Å². The number of benzene rings is 1. The molecule has 0 saturated heterocycles. The lowest BCUT2D eigenvalue weighted by Crippen LogP contribution is -2.30. The quantitative estimate of drug-likeness (QED) is 0.845. The zero-order valence-corrected chi connectivity index (χ0v) is 11.8. The largest absolute Gasteiger partial charge is 0.497 e. The molecule has 0 saturated carbocycles. The van der Waals surface area contributed by atoms with Crippen molar-refractivity contribution < 1.29 is 13.2 Å². The van der Waals surface area contributed by atoms with Crippen molar-refractivity contribution in [1.29, 1.82) is 0 Å². The highest BCUT2D eigenvalue weighted by atomic mass is 32.2. The van der Waals surface area contributed by atoms with E-state index in [1.165, 1.54) is 20.3 Å². The molecule has 1 heterocycles. The molecule has 19 heavy (non-hydrogen) atoms. The summed E-state index contributed by atoms with van der Waals surface area (Å²) in [5.41, 5.74) is 1.22. The van der Waals surface area contributed by atoms with Gasteiger partial charge in [-0.2, -0.15) is 17.8 Å². The standard InChI is InChI=1S/C12H15N3O3S/c1-14(2)19(16,17)15-12(7-8-13-15)10-5-4-6-11(9-10)18-3/h4-9H,1-3H3. The minimum Gasteiger partial charge on any atom is -0.497 e. The van der Waals surface area contributed by atoms with E-state index >= 15 is 0 Å². The normalized spacial score (nSPS) is 11.8. The molecule has 0 unspecified atom stereocenters. The average Bonchev–Trinajstić information content (AvgIpc) is 2.88. The SMILES string of the molecule is COc1cccc(-c2ccnn2S(=O)(=O)N(C)C)c1. The highest BCUT2D eigenvalue weighted by Crippen LogP contribution is 2.24. The van der Waals surface area contributed by atoms with Gasteiger partial charge in [0.2, 0.25) is 0 Å². The predicted molar refractivity (Wildman–Crippen MR) is 72.2 cm³/mol.